The van der Waals surface area contributed by atoms with Crippen molar-refractivity contribution in [1.29, 1.82) is 0 Å². The molecule has 0 heterocycles. The average molecular weight is 301 g/mol. The standard InChI is InChI=1S/C14H21ClN2O3/c1-9(2)17(3)14(18)8-16-11-7-12(19-4)10(15)6-13(11)20-5/h6-7,9,16H,8H2,1-5H3. The largest absolute Gasteiger partial charge is 0.495 e. The van der Waals surface area contributed by atoms with Gasteiger partial charge in [0.05, 0.1) is 31.5 Å². The Morgan fingerprint density at radius 3 is 2.40 bits per heavy atom. The van der Waals surface area contributed by atoms with Crippen LogP contribution in [0.4, 0.5) is 5.69 Å². The Balaban J connectivity index is 2.84. The fraction of sp³-hybridized carbons (Fsp3) is 0.500. The monoisotopic (exact) mass is 300 g/mol. The number of rotatable bonds is 6. The van der Waals surface area contributed by atoms with Gasteiger partial charge < -0.3 is 19.7 Å². The van der Waals surface area contributed by atoms with E-state index in [9.17, 15) is 4.79 Å². The van der Waals surface area contributed by atoms with Crippen LogP contribution in [-0.2, 0) is 4.79 Å². The fourth-order valence-electron chi connectivity index (χ4n) is 1.58. The van der Waals surface area contributed by atoms with Gasteiger partial charge in [0.2, 0.25) is 5.91 Å². The van der Waals surface area contributed by atoms with Gasteiger partial charge in [-0.1, -0.05) is 11.6 Å². The summed E-state index contributed by atoms with van der Waals surface area (Å²) in [6, 6.07) is 3.52. The van der Waals surface area contributed by atoms with Crippen LogP contribution in [0.2, 0.25) is 5.02 Å². The number of carbonyl (C=O) groups is 1. The van der Waals surface area contributed by atoms with E-state index in [1.165, 1.54) is 7.11 Å². The second-order valence-corrected chi connectivity index (χ2v) is 5.05. The van der Waals surface area contributed by atoms with E-state index in [0.717, 1.165) is 0 Å². The minimum Gasteiger partial charge on any atom is -0.495 e. The minimum absolute atomic E-state index is 0.00373. The van der Waals surface area contributed by atoms with Crippen molar-refractivity contribution in [3.05, 3.63) is 17.2 Å². The summed E-state index contributed by atoms with van der Waals surface area (Å²) in [5, 5.41) is 3.51. The van der Waals surface area contributed by atoms with Crippen molar-refractivity contribution in [2.45, 2.75) is 19.9 Å². The fourth-order valence-corrected chi connectivity index (χ4v) is 1.81. The van der Waals surface area contributed by atoms with Crippen molar-refractivity contribution in [2.75, 3.05) is 33.1 Å². The number of amides is 1. The maximum absolute atomic E-state index is 11.9. The van der Waals surface area contributed by atoms with Gasteiger partial charge in [0.15, 0.2) is 0 Å². The molecule has 112 valence electrons. The molecule has 1 rings (SSSR count). The lowest BCUT2D eigenvalue weighted by atomic mass is 10.2. The van der Waals surface area contributed by atoms with E-state index in [4.69, 9.17) is 21.1 Å². The van der Waals surface area contributed by atoms with Gasteiger partial charge in [0.1, 0.15) is 11.5 Å². The van der Waals surface area contributed by atoms with Gasteiger partial charge in [-0.3, -0.25) is 4.79 Å². The first-order valence-electron chi connectivity index (χ1n) is 6.31. The Kier molecular flexibility index (Phi) is 5.95. The topological polar surface area (TPSA) is 50.8 Å². The van der Waals surface area contributed by atoms with Crippen molar-refractivity contribution in [2.24, 2.45) is 0 Å². The van der Waals surface area contributed by atoms with Crippen LogP contribution >= 0.6 is 11.6 Å². The predicted molar refractivity (Wildman–Crippen MR) is 81.0 cm³/mol. The number of benzene rings is 1. The summed E-state index contributed by atoms with van der Waals surface area (Å²) in [6.07, 6.45) is 0. The quantitative estimate of drug-likeness (QED) is 0.877. The van der Waals surface area contributed by atoms with Crippen LogP contribution in [0, 0.1) is 0 Å². The lowest BCUT2D eigenvalue weighted by Gasteiger charge is -2.22. The number of hydrogen-bond donors (Lipinski definition) is 1. The van der Waals surface area contributed by atoms with Gasteiger partial charge in [-0.2, -0.15) is 0 Å². The van der Waals surface area contributed by atoms with Gasteiger partial charge in [0, 0.05) is 25.2 Å². The highest BCUT2D eigenvalue weighted by molar-refractivity contribution is 6.32. The number of ether oxygens (including phenoxy) is 2. The normalized spacial score (nSPS) is 10.3. The second kappa shape index (κ2) is 7.24. The third kappa shape index (κ3) is 3.93. The molecule has 6 heteroatoms. The minimum atomic E-state index is -0.00373. The lowest BCUT2D eigenvalue weighted by Crippen LogP contribution is -2.37. The van der Waals surface area contributed by atoms with Gasteiger partial charge in [0.25, 0.3) is 0 Å². The summed E-state index contributed by atoms with van der Waals surface area (Å²) in [5.41, 5.74) is 0.666. The Morgan fingerprint density at radius 2 is 1.90 bits per heavy atom. The molecule has 0 saturated heterocycles. The summed E-state index contributed by atoms with van der Waals surface area (Å²) in [4.78, 5) is 13.6. The predicted octanol–water partition coefficient (Wildman–Crippen LogP) is 2.64. The van der Waals surface area contributed by atoms with Crippen LogP contribution in [0.5, 0.6) is 11.5 Å². The Labute approximate surface area is 124 Å². The number of nitrogens with one attached hydrogen (secondary N) is 1. The van der Waals surface area contributed by atoms with E-state index in [1.54, 1.807) is 31.2 Å². The maximum atomic E-state index is 11.9. The average Bonchev–Trinajstić information content (AvgIpc) is 2.43. The number of likely N-dealkylation sites (N-methyl/N-ethyl adjacent to an activating group) is 1. The Morgan fingerprint density at radius 1 is 1.30 bits per heavy atom. The molecule has 1 N–H and O–H groups in total. The zero-order valence-electron chi connectivity index (χ0n) is 12.5. The number of carbonyl (C=O) groups excluding carboxylic acids is 1. The number of hydrogen-bond acceptors (Lipinski definition) is 4. The molecule has 5 nitrogen and oxygen atoms in total. The molecular weight excluding hydrogens is 280 g/mol. The number of nitrogens with zero attached hydrogens (tertiary/aromatic N) is 1. The first kappa shape index (κ1) is 16.4. The van der Waals surface area contributed by atoms with Gasteiger partial charge in [-0.15, -0.1) is 0 Å². The van der Waals surface area contributed by atoms with Crippen LogP contribution in [-0.4, -0.2) is 44.7 Å². The second-order valence-electron chi connectivity index (χ2n) is 4.64. The van der Waals surface area contributed by atoms with Crippen LogP contribution in [0.1, 0.15) is 13.8 Å². The molecule has 0 fully saturated rings. The molecule has 1 amide bonds. The highest BCUT2D eigenvalue weighted by atomic mass is 35.5. The lowest BCUT2D eigenvalue weighted by molar-refractivity contribution is -0.129. The molecule has 0 aliphatic rings. The third-order valence-corrected chi connectivity index (χ3v) is 3.37. The molecule has 0 saturated carbocycles. The van der Waals surface area contributed by atoms with Crippen molar-refractivity contribution < 1.29 is 14.3 Å². The maximum Gasteiger partial charge on any atom is 0.241 e. The molecule has 0 aromatic heterocycles. The molecule has 20 heavy (non-hydrogen) atoms. The van der Waals surface area contributed by atoms with E-state index in [2.05, 4.69) is 5.32 Å². The molecule has 0 bridgehead atoms. The number of methoxy groups -OCH3 is 2. The molecule has 0 atom stereocenters. The zero-order valence-corrected chi connectivity index (χ0v) is 13.2. The third-order valence-electron chi connectivity index (χ3n) is 3.07. The summed E-state index contributed by atoms with van der Waals surface area (Å²) < 4.78 is 10.4. The van der Waals surface area contributed by atoms with E-state index in [0.29, 0.717) is 22.2 Å². The van der Waals surface area contributed by atoms with E-state index in [-0.39, 0.29) is 18.5 Å². The first-order valence-corrected chi connectivity index (χ1v) is 6.69. The highest BCUT2D eigenvalue weighted by Gasteiger charge is 2.14. The van der Waals surface area contributed by atoms with Crippen LogP contribution in [0.3, 0.4) is 0 Å². The number of halogens is 1. The highest BCUT2D eigenvalue weighted by Crippen LogP contribution is 2.35. The molecule has 0 aliphatic carbocycles. The van der Waals surface area contributed by atoms with Crippen molar-refractivity contribution in [3.63, 3.8) is 0 Å². The van der Waals surface area contributed by atoms with E-state index < -0.39 is 0 Å². The molecule has 0 aliphatic heterocycles. The summed E-state index contributed by atoms with van der Waals surface area (Å²) in [5.74, 6) is 1.09. The van der Waals surface area contributed by atoms with Crippen molar-refractivity contribution in [3.8, 4) is 11.5 Å². The summed E-state index contributed by atoms with van der Waals surface area (Å²) >= 11 is 6.03. The van der Waals surface area contributed by atoms with Crippen molar-refractivity contribution in [1.82, 2.24) is 4.90 Å². The molecule has 0 radical (unpaired) electrons. The molecular formula is C14H21ClN2O3. The smallest absolute Gasteiger partial charge is 0.241 e. The van der Waals surface area contributed by atoms with Crippen LogP contribution in [0.25, 0.3) is 0 Å². The van der Waals surface area contributed by atoms with Gasteiger partial charge in [-0.05, 0) is 13.8 Å². The van der Waals surface area contributed by atoms with Gasteiger partial charge >= 0.3 is 0 Å². The Hall–Kier alpha value is -1.62. The van der Waals surface area contributed by atoms with Crippen LogP contribution in [0.15, 0.2) is 12.1 Å². The molecule has 1 aromatic carbocycles. The molecule has 0 spiro atoms. The zero-order chi connectivity index (χ0) is 15.3. The van der Waals surface area contributed by atoms with Gasteiger partial charge in [-0.25, -0.2) is 0 Å². The van der Waals surface area contributed by atoms with Crippen molar-refractivity contribution >= 4 is 23.2 Å². The number of anilines is 1. The SMILES string of the molecule is COc1cc(NCC(=O)N(C)C(C)C)c(OC)cc1Cl. The summed E-state index contributed by atoms with van der Waals surface area (Å²) in [7, 11) is 4.86. The molecule has 0 unspecified atom stereocenters. The van der Waals surface area contributed by atoms with E-state index >= 15 is 0 Å². The van der Waals surface area contributed by atoms with Crippen LogP contribution < -0.4 is 14.8 Å². The summed E-state index contributed by atoms with van der Waals surface area (Å²) in [6.45, 7) is 4.10. The van der Waals surface area contributed by atoms with E-state index in [1.807, 2.05) is 13.8 Å². The first-order chi connectivity index (χ1) is 9.40. The molecule has 1 aromatic rings. The Bertz CT molecular complexity index is 478.